The number of pyridine rings is 1. The minimum atomic E-state index is -0.173. The van der Waals surface area contributed by atoms with Crippen LogP contribution >= 0.6 is 0 Å². The lowest BCUT2D eigenvalue weighted by Crippen LogP contribution is -2.31. The molecule has 3 rings (SSSR count). The van der Waals surface area contributed by atoms with Crippen molar-refractivity contribution in [3.05, 3.63) is 64.5 Å². The standard InChI is InChI=1S/C20H23N3O2/c1-14-11-15(2)18(22-12-14)13-21-9-5-6-10-23-19(24)16-7-3-4-8-17(16)20(23)25/h3-4,7-8,11-12,21H,5-6,9-10,13H2,1-2H3. The molecule has 2 heterocycles. The molecule has 0 bridgehead atoms. The number of aryl methyl sites for hydroxylation is 2. The molecule has 2 amide bonds. The van der Waals surface area contributed by atoms with Crippen molar-refractivity contribution >= 4 is 11.8 Å². The Labute approximate surface area is 148 Å². The van der Waals surface area contributed by atoms with Gasteiger partial charge in [0.05, 0.1) is 16.8 Å². The van der Waals surface area contributed by atoms with Crippen molar-refractivity contribution in [3.8, 4) is 0 Å². The number of nitrogens with zero attached hydrogens (tertiary/aromatic N) is 2. The molecule has 0 radical (unpaired) electrons. The number of amides is 2. The number of benzene rings is 1. The molecule has 0 aliphatic carbocycles. The van der Waals surface area contributed by atoms with E-state index < -0.39 is 0 Å². The van der Waals surface area contributed by atoms with Crippen LogP contribution in [0.4, 0.5) is 0 Å². The molecule has 5 heteroatoms. The third kappa shape index (κ3) is 3.77. The first-order chi connectivity index (χ1) is 12.1. The molecular formula is C20H23N3O2. The fourth-order valence-electron chi connectivity index (χ4n) is 3.10. The summed E-state index contributed by atoms with van der Waals surface area (Å²) in [5.41, 5.74) is 4.46. The van der Waals surface area contributed by atoms with Crippen LogP contribution in [-0.4, -0.2) is 34.8 Å². The summed E-state index contributed by atoms with van der Waals surface area (Å²) in [6.45, 7) is 6.14. The molecule has 5 nitrogen and oxygen atoms in total. The van der Waals surface area contributed by atoms with Gasteiger partial charge in [-0.05, 0) is 56.5 Å². The molecule has 25 heavy (non-hydrogen) atoms. The SMILES string of the molecule is Cc1cnc(CNCCCCN2C(=O)c3ccccc3C2=O)c(C)c1. The van der Waals surface area contributed by atoms with Gasteiger partial charge in [0.2, 0.25) is 0 Å². The van der Waals surface area contributed by atoms with Gasteiger partial charge in [0, 0.05) is 19.3 Å². The summed E-state index contributed by atoms with van der Waals surface area (Å²) in [6, 6.07) is 9.14. The Balaban J connectivity index is 1.41. The molecule has 0 saturated heterocycles. The maximum atomic E-state index is 12.3. The monoisotopic (exact) mass is 337 g/mol. The molecule has 0 unspecified atom stereocenters. The second-order valence-corrected chi connectivity index (χ2v) is 6.47. The number of aromatic nitrogens is 1. The number of carbonyl (C=O) groups excluding carboxylic acids is 2. The molecule has 2 aromatic rings. The molecule has 1 aromatic carbocycles. The normalized spacial score (nSPS) is 13.4. The van der Waals surface area contributed by atoms with E-state index in [2.05, 4.69) is 23.3 Å². The highest BCUT2D eigenvalue weighted by Gasteiger charge is 2.34. The van der Waals surface area contributed by atoms with Crippen molar-refractivity contribution in [2.75, 3.05) is 13.1 Å². The largest absolute Gasteiger partial charge is 0.311 e. The fourth-order valence-corrected chi connectivity index (χ4v) is 3.10. The predicted octanol–water partition coefficient (Wildman–Crippen LogP) is 2.86. The zero-order chi connectivity index (χ0) is 17.8. The molecule has 0 spiro atoms. The first-order valence-electron chi connectivity index (χ1n) is 8.66. The Morgan fingerprint density at radius 2 is 1.72 bits per heavy atom. The van der Waals surface area contributed by atoms with Gasteiger partial charge in [-0.2, -0.15) is 0 Å². The maximum absolute atomic E-state index is 12.3. The molecule has 130 valence electrons. The van der Waals surface area contributed by atoms with Crippen molar-refractivity contribution in [2.45, 2.75) is 33.2 Å². The topological polar surface area (TPSA) is 62.3 Å². The molecule has 1 aliphatic rings. The van der Waals surface area contributed by atoms with Crippen LogP contribution in [0.15, 0.2) is 36.5 Å². The highest BCUT2D eigenvalue weighted by molar-refractivity contribution is 6.21. The summed E-state index contributed by atoms with van der Waals surface area (Å²) in [5.74, 6) is -0.346. The molecule has 1 aromatic heterocycles. The Bertz CT molecular complexity index is 766. The summed E-state index contributed by atoms with van der Waals surface area (Å²) < 4.78 is 0. The van der Waals surface area contributed by atoms with E-state index in [9.17, 15) is 9.59 Å². The Kier molecular flexibility index (Phi) is 5.24. The smallest absolute Gasteiger partial charge is 0.261 e. The minimum absolute atomic E-state index is 0.173. The van der Waals surface area contributed by atoms with E-state index in [1.807, 2.05) is 13.1 Å². The van der Waals surface area contributed by atoms with Crippen LogP contribution in [0.1, 0.15) is 50.4 Å². The average Bonchev–Trinajstić information content (AvgIpc) is 2.84. The van der Waals surface area contributed by atoms with Gasteiger partial charge in [0.15, 0.2) is 0 Å². The molecule has 1 N–H and O–H groups in total. The molecule has 0 saturated carbocycles. The summed E-state index contributed by atoms with van der Waals surface area (Å²) in [5, 5.41) is 3.38. The minimum Gasteiger partial charge on any atom is -0.311 e. The second-order valence-electron chi connectivity index (χ2n) is 6.47. The van der Waals surface area contributed by atoms with E-state index in [-0.39, 0.29) is 11.8 Å². The first kappa shape index (κ1) is 17.3. The quantitative estimate of drug-likeness (QED) is 0.623. The highest BCUT2D eigenvalue weighted by atomic mass is 16.2. The van der Waals surface area contributed by atoms with Crippen molar-refractivity contribution in [1.29, 1.82) is 0 Å². The third-order valence-corrected chi connectivity index (χ3v) is 4.48. The lowest BCUT2D eigenvalue weighted by Gasteiger charge is -2.13. The number of hydrogen-bond donors (Lipinski definition) is 1. The van der Waals surface area contributed by atoms with E-state index in [0.717, 1.165) is 31.6 Å². The van der Waals surface area contributed by atoms with Gasteiger partial charge in [0.25, 0.3) is 11.8 Å². The summed E-state index contributed by atoms with van der Waals surface area (Å²) >= 11 is 0. The second kappa shape index (κ2) is 7.57. The zero-order valence-electron chi connectivity index (χ0n) is 14.7. The van der Waals surface area contributed by atoms with Gasteiger partial charge in [-0.15, -0.1) is 0 Å². The van der Waals surface area contributed by atoms with Gasteiger partial charge in [-0.25, -0.2) is 0 Å². The highest BCUT2D eigenvalue weighted by Crippen LogP contribution is 2.22. The molecule has 1 aliphatic heterocycles. The fraction of sp³-hybridized carbons (Fsp3) is 0.350. The van der Waals surface area contributed by atoms with Gasteiger partial charge in [0.1, 0.15) is 0 Å². The Hall–Kier alpha value is -2.53. The van der Waals surface area contributed by atoms with Crippen molar-refractivity contribution in [2.24, 2.45) is 0 Å². The molecular weight excluding hydrogens is 314 g/mol. The number of nitrogens with one attached hydrogen (secondary N) is 1. The molecule has 0 atom stereocenters. The van der Waals surface area contributed by atoms with E-state index in [0.29, 0.717) is 17.7 Å². The summed E-state index contributed by atoms with van der Waals surface area (Å²) in [6.07, 6.45) is 3.57. The van der Waals surface area contributed by atoms with E-state index >= 15 is 0 Å². The van der Waals surface area contributed by atoms with Crippen LogP contribution in [0.25, 0.3) is 0 Å². The van der Waals surface area contributed by atoms with Crippen molar-refractivity contribution < 1.29 is 9.59 Å². The van der Waals surface area contributed by atoms with Crippen molar-refractivity contribution in [3.63, 3.8) is 0 Å². The lowest BCUT2D eigenvalue weighted by molar-refractivity contribution is 0.0651. The van der Waals surface area contributed by atoms with Gasteiger partial charge >= 0.3 is 0 Å². The third-order valence-electron chi connectivity index (χ3n) is 4.48. The number of carbonyl (C=O) groups is 2. The van der Waals surface area contributed by atoms with Gasteiger partial charge < -0.3 is 5.32 Å². The van der Waals surface area contributed by atoms with E-state index in [1.165, 1.54) is 16.0 Å². The van der Waals surface area contributed by atoms with Crippen LogP contribution in [0.5, 0.6) is 0 Å². The summed E-state index contributed by atoms with van der Waals surface area (Å²) in [7, 11) is 0. The van der Waals surface area contributed by atoms with Crippen LogP contribution in [0.2, 0.25) is 0 Å². The van der Waals surface area contributed by atoms with Crippen LogP contribution in [-0.2, 0) is 6.54 Å². The number of fused-ring (bicyclic) bond motifs is 1. The Morgan fingerprint density at radius 1 is 1.04 bits per heavy atom. The average molecular weight is 337 g/mol. The van der Waals surface area contributed by atoms with E-state index in [1.54, 1.807) is 24.3 Å². The lowest BCUT2D eigenvalue weighted by atomic mass is 10.1. The van der Waals surface area contributed by atoms with Crippen molar-refractivity contribution in [1.82, 2.24) is 15.2 Å². The predicted molar refractivity (Wildman–Crippen MR) is 96.5 cm³/mol. The number of rotatable bonds is 7. The van der Waals surface area contributed by atoms with Crippen LogP contribution in [0, 0.1) is 13.8 Å². The number of unbranched alkanes of at least 4 members (excludes halogenated alkanes) is 1. The Morgan fingerprint density at radius 3 is 2.36 bits per heavy atom. The van der Waals surface area contributed by atoms with Crippen LogP contribution in [0.3, 0.4) is 0 Å². The number of imide groups is 1. The maximum Gasteiger partial charge on any atom is 0.261 e. The zero-order valence-corrected chi connectivity index (χ0v) is 14.7. The summed E-state index contributed by atoms with van der Waals surface area (Å²) in [4.78, 5) is 30.3. The molecule has 0 fully saturated rings. The number of hydrogen-bond acceptors (Lipinski definition) is 4. The van der Waals surface area contributed by atoms with Crippen LogP contribution < -0.4 is 5.32 Å². The van der Waals surface area contributed by atoms with Gasteiger partial charge in [-0.1, -0.05) is 18.2 Å². The van der Waals surface area contributed by atoms with E-state index in [4.69, 9.17) is 0 Å². The first-order valence-corrected chi connectivity index (χ1v) is 8.66. The van der Waals surface area contributed by atoms with Gasteiger partial charge in [-0.3, -0.25) is 19.5 Å².